The minimum atomic E-state index is -0.419. The molecule has 0 spiro atoms. The van der Waals surface area contributed by atoms with E-state index in [0.29, 0.717) is 6.42 Å². The van der Waals surface area contributed by atoms with Crippen LogP contribution in [-0.2, 0) is 16.0 Å². The van der Waals surface area contributed by atoms with Gasteiger partial charge in [0.15, 0.2) is 0 Å². The number of hydrogen-bond donors (Lipinski definition) is 1. The normalized spacial score (nSPS) is 24.7. The number of nitrogens with zero attached hydrogens (tertiary/aromatic N) is 1. The zero-order valence-corrected chi connectivity index (χ0v) is 13.3. The fourth-order valence-corrected chi connectivity index (χ4v) is 3.78. The molecule has 1 saturated heterocycles. The van der Waals surface area contributed by atoms with Crippen LogP contribution in [0.3, 0.4) is 0 Å². The Hall–Kier alpha value is -1.36. The summed E-state index contributed by atoms with van der Waals surface area (Å²) in [6, 6.07) is 3.49. The first kappa shape index (κ1) is 15.0. The first-order valence-electron chi connectivity index (χ1n) is 7.12. The van der Waals surface area contributed by atoms with E-state index in [9.17, 15) is 9.59 Å². The van der Waals surface area contributed by atoms with Gasteiger partial charge in [-0.15, -0.1) is 11.3 Å². The lowest BCUT2D eigenvalue weighted by atomic mass is 10.0. The quantitative estimate of drug-likeness (QED) is 0.924. The Morgan fingerprint density at radius 2 is 2.10 bits per heavy atom. The molecule has 2 rings (SSSR count). The summed E-state index contributed by atoms with van der Waals surface area (Å²) in [4.78, 5) is 28.8. The van der Waals surface area contributed by atoms with Crippen molar-refractivity contribution in [3.63, 3.8) is 0 Å². The molecule has 0 aliphatic carbocycles. The molecule has 1 aromatic rings. The van der Waals surface area contributed by atoms with Gasteiger partial charge in [-0.2, -0.15) is 0 Å². The molecule has 0 saturated carbocycles. The summed E-state index contributed by atoms with van der Waals surface area (Å²) in [5.74, 6) is -0.00830. The molecule has 0 radical (unpaired) electrons. The highest BCUT2D eigenvalue weighted by Crippen LogP contribution is 2.22. The third kappa shape index (κ3) is 2.87. The van der Waals surface area contributed by atoms with Gasteiger partial charge < -0.3 is 10.2 Å². The van der Waals surface area contributed by atoms with Crippen LogP contribution in [0.4, 0.5) is 0 Å². The van der Waals surface area contributed by atoms with Crippen LogP contribution in [0.2, 0.25) is 0 Å². The second-order valence-electron chi connectivity index (χ2n) is 5.47. The van der Waals surface area contributed by atoms with Crippen LogP contribution in [0.1, 0.15) is 36.9 Å². The number of rotatable bonds is 4. The van der Waals surface area contributed by atoms with Gasteiger partial charge in [-0.25, -0.2) is 0 Å². The molecule has 0 bridgehead atoms. The van der Waals surface area contributed by atoms with Crippen LogP contribution in [0.15, 0.2) is 12.1 Å². The van der Waals surface area contributed by atoms with E-state index >= 15 is 0 Å². The zero-order valence-electron chi connectivity index (χ0n) is 12.5. The zero-order chi connectivity index (χ0) is 14.9. The van der Waals surface area contributed by atoms with Gasteiger partial charge in [0.2, 0.25) is 11.8 Å². The van der Waals surface area contributed by atoms with Gasteiger partial charge in [0, 0.05) is 22.2 Å². The van der Waals surface area contributed by atoms with Gasteiger partial charge in [0.1, 0.15) is 12.1 Å². The number of piperazine rings is 1. The Balaban J connectivity index is 2.17. The number of hydrogen-bond acceptors (Lipinski definition) is 3. The maximum atomic E-state index is 12.4. The molecule has 1 aliphatic heterocycles. The van der Waals surface area contributed by atoms with Gasteiger partial charge in [0.05, 0.1) is 0 Å². The Bertz CT molecular complexity index is 512. The van der Waals surface area contributed by atoms with Gasteiger partial charge in [0.25, 0.3) is 0 Å². The van der Waals surface area contributed by atoms with Crippen molar-refractivity contribution in [2.45, 2.75) is 58.7 Å². The number of aryl methyl sites for hydroxylation is 1. The molecule has 3 atom stereocenters. The van der Waals surface area contributed by atoms with Gasteiger partial charge in [-0.1, -0.05) is 6.92 Å². The summed E-state index contributed by atoms with van der Waals surface area (Å²) in [6.45, 7) is 7.81. The van der Waals surface area contributed by atoms with Crippen molar-refractivity contribution in [2.75, 3.05) is 0 Å². The second kappa shape index (κ2) is 5.95. The van der Waals surface area contributed by atoms with Crippen molar-refractivity contribution in [2.24, 2.45) is 0 Å². The summed E-state index contributed by atoms with van der Waals surface area (Å²) in [5.41, 5.74) is 0. The smallest absolute Gasteiger partial charge is 0.245 e. The lowest BCUT2D eigenvalue weighted by Gasteiger charge is -2.41. The van der Waals surface area contributed by atoms with Crippen LogP contribution in [0.25, 0.3) is 0 Å². The molecule has 1 N–H and O–H groups in total. The van der Waals surface area contributed by atoms with Crippen LogP contribution < -0.4 is 5.32 Å². The average molecular weight is 294 g/mol. The Kier molecular flexibility index (Phi) is 4.48. The number of carbonyl (C=O) groups is 2. The highest BCUT2D eigenvalue weighted by Gasteiger charge is 2.39. The standard InChI is InChI=1S/C15H22N2O2S/c1-5-13-14(18)16-11(4)15(19)17(13)9(2)8-12-7-6-10(3)20-12/h6-7,9,11,13H,5,8H2,1-4H3,(H,16,18). The molecule has 0 aromatic carbocycles. The summed E-state index contributed by atoms with van der Waals surface area (Å²) in [6.07, 6.45) is 1.46. The van der Waals surface area contributed by atoms with Crippen molar-refractivity contribution in [3.8, 4) is 0 Å². The van der Waals surface area contributed by atoms with Crippen molar-refractivity contribution in [1.82, 2.24) is 10.2 Å². The summed E-state index contributed by atoms with van der Waals surface area (Å²) in [7, 11) is 0. The fourth-order valence-electron chi connectivity index (χ4n) is 2.77. The summed E-state index contributed by atoms with van der Waals surface area (Å²) < 4.78 is 0. The molecule has 20 heavy (non-hydrogen) atoms. The molecular formula is C15H22N2O2S. The summed E-state index contributed by atoms with van der Waals surface area (Å²) in [5, 5.41) is 2.76. The van der Waals surface area contributed by atoms with E-state index < -0.39 is 6.04 Å². The molecule has 3 unspecified atom stereocenters. The topological polar surface area (TPSA) is 49.4 Å². The third-order valence-electron chi connectivity index (χ3n) is 3.78. The number of carbonyl (C=O) groups excluding carboxylic acids is 2. The van der Waals surface area contributed by atoms with E-state index in [1.807, 2.05) is 13.8 Å². The van der Waals surface area contributed by atoms with E-state index in [2.05, 4.69) is 24.4 Å². The minimum Gasteiger partial charge on any atom is -0.343 e. The van der Waals surface area contributed by atoms with E-state index in [0.717, 1.165) is 6.42 Å². The molecule has 110 valence electrons. The molecule has 1 aliphatic rings. The predicted molar refractivity (Wildman–Crippen MR) is 80.8 cm³/mol. The first-order valence-corrected chi connectivity index (χ1v) is 7.93. The maximum absolute atomic E-state index is 12.4. The molecule has 2 heterocycles. The molecular weight excluding hydrogens is 272 g/mol. The van der Waals surface area contributed by atoms with Gasteiger partial charge >= 0.3 is 0 Å². The molecule has 2 amide bonds. The molecule has 5 heteroatoms. The Labute approximate surface area is 124 Å². The molecule has 1 fully saturated rings. The molecule has 1 aromatic heterocycles. The van der Waals surface area contributed by atoms with Crippen LogP contribution in [-0.4, -0.2) is 34.8 Å². The highest BCUT2D eigenvalue weighted by molar-refractivity contribution is 7.11. The number of nitrogens with one attached hydrogen (secondary N) is 1. The third-order valence-corrected chi connectivity index (χ3v) is 4.80. The van der Waals surface area contributed by atoms with E-state index in [1.165, 1.54) is 9.75 Å². The Morgan fingerprint density at radius 3 is 2.65 bits per heavy atom. The first-order chi connectivity index (χ1) is 9.43. The van der Waals surface area contributed by atoms with E-state index in [-0.39, 0.29) is 23.9 Å². The minimum absolute atomic E-state index is 0.0252. The molecule has 4 nitrogen and oxygen atoms in total. The monoisotopic (exact) mass is 294 g/mol. The number of amides is 2. The van der Waals surface area contributed by atoms with E-state index in [4.69, 9.17) is 0 Å². The van der Waals surface area contributed by atoms with Gasteiger partial charge in [-0.05, 0) is 39.3 Å². The van der Waals surface area contributed by atoms with Crippen molar-refractivity contribution >= 4 is 23.2 Å². The predicted octanol–water partition coefficient (Wildman–Crippen LogP) is 2.11. The van der Waals surface area contributed by atoms with Gasteiger partial charge in [-0.3, -0.25) is 9.59 Å². The Morgan fingerprint density at radius 1 is 1.40 bits per heavy atom. The number of thiophene rings is 1. The lowest BCUT2D eigenvalue weighted by molar-refractivity contribution is -0.151. The highest BCUT2D eigenvalue weighted by atomic mass is 32.1. The van der Waals surface area contributed by atoms with Crippen LogP contribution in [0, 0.1) is 6.92 Å². The van der Waals surface area contributed by atoms with E-state index in [1.54, 1.807) is 23.2 Å². The fraction of sp³-hybridized carbons (Fsp3) is 0.600. The van der Waals surface area contributed by atoms with Crippen molar-refractivity contribution in [1.29, 1.82) is 0 Å². The summed E-state index contributed by atoms with van der Waals surface area (Å²) >= 11 is 1.75. The maximum Gasteiger partial charge on any atom is 0.245 e. The largest absolute Gasteiger partial charge is 0.343 e. The van der Waals surface area contributed by atoms with Crippen molar-refractivity contribution in [3.05, 3.63) is 21.9 Å². The SMILES string of the molecule is CCC1C(=O)NC(C)C(=O)N1C(C)Cc1ccc(C)s1. The second-order valence-corrected chi connectivity index (χ2v) is 6.84. The van der Waals surface area contributed by atoms with Crippen molar-refractivity contribution < 1.29 is 9.59 Å². The average Bonchev–Trinajstić information content (AvgIpc) is 2.78. The van der Waals surface area contributed by atoms with Crippen LogP contribution in [0.5, 0.6) is 0 Å². The lowest BCUT2D eigenvalue weighted by Crippen LogP contribution is -2.64. The van der Waals surface area contributed by atoms with Crippen LogP contribution >= 0.6 is 11.3 Å².